The zero-order chi connectivity index (χ0) is 12.8. The zero-order valence-electron chi connectivity index (χ0n) is 10.4. The number of nitrogens with zero attached hydrogens (tertiary/aromatic N) is 1. The fourth-order valence-corrected chi connectivity index (χ4v) is 2.25. The molecule has 0 saturated heterocycles. The Balaban J connectivity index is 1.60. The van der Waals surface area contributed by atoms with Gasteiger partial charge in [-0.3, -0.25) is 0 Å². The fraction of sp³-hybridized carbons (Fsp3) is 0.615. The lowest BCUT2D eigenvalue weighted by atomic mass is 9.94. The molecule has 3 N–H and O–H groups in total. The van der Waals surface area contributed by atoms with Crippen molar-refractivity contribution in [3.63, 3.8) is 0 Å². The first-order valence-corrected chi connectivity index (χ1v) is 6.84. The molecule has 0 atom stereocenters. The first-order chi connectivity index (χ1) is 8.74. The number of aromatic nitrogens is 1. The van der Waals surface area contributed by atoms with E-state index >= 15 is 0 Å². The van der Waals surface area contributed by atoms with Crippen LogP contribution in [0.15, 0.2) is 18.3 Å². The van der Waals surface area contributed by atoms with Crippen molar-refractivity contribution in [3.05, 3.63) is 23.4 Å². The molecule has 0 aromatic carbocycles. The summed E-state index contributed by atoms with van der Waals surface area (Å²) in [4.78, 5) is 4.16. The molecule has 4 nitrogen and oxygen atoms in total. The van der Waals surface area contributed by atoms with Crippen molar-refractivity contribution in [2.24, 2.45) is 5.73 Å². The molecule has 100 valence electrons. The third-order valence-corrected chi connectivity index (χ3v) is 3.43. The van der Waals surface area contributed by atoms with Crippen molar-refractivity contribution in [2.45, 2.75) is 37.8 Å². The maximum Gasteiger partial charge on any atom is 0.126 e. The second-order valence-corrected chi connectivity index (χ2v) is 5.13. The molecule has 1 saturated carbocycles. The highest BCUT2D eigenvalue weighted by Crippen LogP contribution is 2.19. The van der Waals surface area contributed by atoms with Gasteiger partial charge in [0.25, 0.3) is 0 Å². The minimum Gasteiger partial charge on any atom is -0.376 e. The number of ether oxygens (including phenoxy) is 1. The smallest absolute Gasteiger partial charge is 0.126 e. The normalized spacial score (nSPS) is 23.9. The Morgan fingerprint density at radius 3 is 2.78 bits per heavy atom. The highest BCUT2D eigenvalue weighted by Gasteiger charge is 2.18. The van der Waals surface area contributed by atoms with E-state index in [-0.39, 0.29) is 0 Å². The summed E-state index contributed by atoms with van der Waals surface area (Å²) in [5.74, 6) is 0.827. The zero-order valence-corrected chi connectivity index (χ0v) is 11.2. The van der Waals surface area contributed by atoms with Gasteiger partial charge in [0.05, 0.1) is 17.7 Å². The summed E-state index contributed by atoms with van der Waals surface area (Å²) in [5.41, 5.74) is 5.85. The maximum atomic E-state index is 5.85. The molecular formula is C13H20ClN3O. The van der Waals surface area contributed by atoms with Crippen molar-refractivity contribution in [2.75, 3.05) is 18.5 Å². The van der Waals surface area contributed by atoms with Gasteiger partial charge in [-0.15, -0.1) is 0 Å². The van der Waals surface area contributed by atoms with Gasteiger partial charge in [0, 0.05) is 18.8 Å². The Kier molecular flexibility index (Phi) is 5.23. The van der Waals surface area contributed by atoms with E-state index in [0.717, 1.165) is 38.0 Å². The standard InChI is InChI=1S/C13H20ClN3O/c14-10-1-6-13(17-9-10)16-7-8-18-12-4-2-11(15)3-5-12/h1,6,9,11-12H,2-5,7-8,15H2,(H,16,17). The summed E-state index contributed by atoms with van der Waals surface area (Å²) in [6, 6.07) is 4.06. The number of hydrogen-bond acceptors (Lipinski definition) is 4. The van der Waals surface area contributed by atoms with Crippen LogP contribution in [-0.2, 0) is 4.74 Å². The molecule has 18 heavy (non-hydrogen) atoms. The molecule has 1 heterocycles. The minimum absolute atomic E-state index is 0.376. The average molecular weight is 270 g/mol. The van der Waals surface area contributed by atoms with Gasteiger partial charge >= 0.3 is 0 Å². The molecule has 0 radical (unpaired) electrons. The van der Waals surface area contributed by atoms with Gasteiger partial charge in [-0.1, -0.05) is 11.6 Å². The Bertz CT molecular complexity index is 350. The van der Waals surface area contributed by atoms with Crippen LogP contribution in [0.5, 0.6) is 0 Å². The summed E-state index contributed by atoms with van der Waals surface area (Å²) in [6.07, 6.45) is 6.34. The molecule has 1 aliphatic rings. The van der Waals surface area contributed by atoms with Crippen molar-refractivity contribution < 1.29 is 4.74 Å². The van der Waals surface area contributed by atoms with Crippen LogP contribution >= 0.6 is 11.6 Å². The van der Waals surface area contributed by atoms with Crippen LogP contribution in [0.1, 0.15) is 25.7 Å². The molecular weight excluding hydrogens is 250 g/mol. The summed E-state index contributed by atoms with van der Waals surface area (Å²) in [5, 5.41) is 3.85. The van der Waals surface area contributed by atoms with Gasteiger partial charge in [0.1, 0.15) is 5.82 Å². The minimum atomic E-state index is 0.376. The van der Waals surface area contributed by atoms with Gasteiger partial charge in [-0.05, 0) is 37.8 Å². The summed E-state index contributed by atoms with van der Waals surface area (Å²) in [7, 11) is 0. The molecule has 0 amide bonds. The molecule has 1 aromatic rings. The average Bonchev–Trinajstić information content (AvgIpc) is 2.39. The molecule has 1 aliphatic carbocycles. The van der Waals surface area contributed by atoms with Crippen LogP contribution in [0.4, 0.5) is 5.82 Å². The van der Waals surface area contributed by atoms with Crippen molar-refractivity contribution in [1.29, 1.82) is 0 Å². The molecule has 2 rings (SSSR count). The maximum absolute atomic E-state index is 5.85. The van der Waals surface area contributed by atoms with Gasteiger partial charge < -0.3 is 15.8 Å². The van der Waals surface area contributed by atoms with E-state index < -0.39 is 0 Å². The predicted octanol–water partition coefficient (Wildman–Crippen LogP) is 2.43. The number of hydrogen-bond donors (Lipinski definition) is 2. The first-order valence-electron chi connectivity index (χ1n) is 6.46. The molecule has 5 heteroatoms. The van der Waals surface area contributed by atoms with E-state index in [0.29, 0.717) is 23.8 Å². The summed E-state index contributed by atoms with van der Waals surface area (Å²) in [6.45, 7) is 1.46. The second kappa shape index (κ2) is 6.92. The molecule has 0 spiro atoms. The molecule has 1 aromatic heterocycles. The number of anilines is 1. The van der Waals surface area contributed by atoms with E-state index in [1.165, 1.54) is 0 Å². The Hall–Kier alpha value is -0.840. The second-order valence-electron chi connectivity index (χ2n) is 4.70. The Morgan fingerprint density at radius 1 is 1.33 bits per heavy atom. The van der Waals surface area contributed by atoms with Crippen LogP contribution in [-0.4, -0.2) is 30.3 Å². The molecule has 0 unspecified atom stereocenters. The number of nitrogens with two attached hydrogens (primary N) is 1. The van der Waals surface area contributed by atoms with E-state index in [9.17, 15) is 0 Å². The summed E-state index contributed by atoms with van der Waals surface area (Å²) < 4.78 is 5.80. The molecule has 0 aliphatic heterocycles. The monoisotopic (exact) mass is 269 g/mol. The largest absolute Gasteiger partial charge is 0.376 e. The number of pyridine rings is 1. The lowest BCUT2D eigenvalue weighted by Gasteiger charge is -2.26. The first kappa shape index (κ1) is 13.6. The van der Waals surface area contributed by atoms with Crippen molar-refractivity contribution in [3.8, 4) is 0 Å². The van der Waals surface area contributed by atoms with Gasteiger partial charge in [0.2, 0.25) is 0 Å². The number of nitrogens with one attached hydrogen (secondary N) is 1. The topological polar surface area (TPSA) is 60.2 Å². The SMILES string of the molecule is NC1CCC(OCCNc2ccc(Cl)cn2)CC1. The third-order valence-electron chi connectivity index (χ3n) is 3.21. The van der Waals surface area contributed by atoms with Crippen molar-refractivity contribution in [1.82, 2.24) is 4.98 Å². The Morgan fingerprint density at radius 2 is 2.11 bits per heavy atom. The van der Waals surface area contributed by atoms with Crippen LogP contribution in [0.2, 0.25) is 5.02 Å². The van der Waals surface area contributed by atoms with E-state index in [1.807, 2.05) is 12.1 Å². The lowest BCUT2D eigenvalue weighted by molar-refractivity contribution is 0.0313. The number of rotatable bonds is 5. The summed E-state index contributed by atoms with van der Waals surface area (Å²) >= 11 is 5.76. The highest BCUT2D eigenvalue weighted by atomic mass is 35.5. The van der Waals surface area contributed by atoms with Gasteiger partial charge in [-0.2, -0.15) is 0 Å². The molecule has 0 bridgehead atoms. The van der Waals surface area contributed by atoms with E-state index in [2.05, 4.69) is 10.3 Å². The fourth-order valence-electron chi connectivity index (χ4n) is 2.14. The Labute approximate surface area is 113 Å². The predicted molar refractivity (Wildman–Crippen MR) is 73.9 cm³/mol. The van der Waals surface area contributed by atoms with E-state index in [4.69, 9.17) is 22.1 Å². The van der Waals surface area contributed by atoms with Crippen molar-refractivity contribution >= 4 is 17.4 Å². The van der Waals surface area contributed by atoms with E-state index in [1.54, 1.807) is 6.20 Å². The number of halogens is 1. The highest BCUT2D eigenvalue weighted by molar-refractivity contribution is 6.30. The lowest BCUT2D eigenvalue weighted by Crippen LogP contribution is -2.31. The molecule has 1 fully saturated rings. The van der Waals surface area contributed by atoms with Crippen LogP contribution < -0.4 is 11.1 Å². The van der Waals surface area contributed by atoms with Gasteiger partial charge in [-0.25, -0.2) is 4.98 Å². The van der Waals surface area contributed by atoms with Crippen LogP contribution in [0, 0.1) is 0 Å². The quantitative estimate of drug-likeness (QED) is 0.806. The van der Waals surface area contributed by atoms with Crippen LogP contribution in [0.3, 0.4) is 0 Å². The third kappa shape index (κ3) is 4.44. The van der Waals surface area contributed by atoms with Crippen LogP contribution in [0.25, 0.3) is 0 Å². The van der Waals surface area contributed by atoms with Gasteiger partial charge in [0.15, 0.2) is 0 Å².